The van der Waals surface area contributed by atoms with Crippen molar-refractivity contribution >= 4 is 27.5 Å². The number of carbonyl (C=O) groups excluding carboxylic acids is 1. The van der Waals surface area contributed by atoms with Gasteiger partial charge in [-0.25, -0.2) is 8.42 Å². The summed E-state index contributed by atoms with van der Waals surface area (Å²) in [5.41, 5.74) is 0.539. The molecule has 0 spiro atoms. The number of nitrogens with one attached hydrogen (secondary N) is 1. The van der Waals surface area contributed by atoms with Crippen LogP contribution in [0, 0.1) is 0 Å². The Labute approximate surface area is 185 Å². The van der Waals surface area contributed by atoms with Gasteiger partial charge in [0.25, 0.3) is 5.91 Å². The maximum Gasteiger partial charge on any atom is 0.253 e. The van der Waals surface area contributed by atoms with E-state index in [0.717, 1.165) is 26.1 Å². The first-order valence-electron chi connectivity index (χ1n) is 10.9. The van der Waals surface area contributed by atoms with E-state index >= 15 is 0 Å². The van der Waals surface area contributed by atoms with Gasteiger partial charge in [0.05, 0.1) is 5.75 Å². The summed E-state index contributed by atoms with van der Waals surface area (Å²) < 4.78 is 27.0. The molecule has 0 unspecified atom stereocenters. The van der Waals surface area contributed by atoms with Gasteiger partial charge in [0.15, 0.2) is 0 Å². The van der Waals surface area contributed by atoms with Crippen molar-refractivity contribution in [2.75, 3.05) is 64.7 Å². The number of carbonyl (C=O) groups is 1. The molecule has 0 bridgehead atoms. The van der Waals surface area contributed by atoms with E-state index in [1.54, 1.807) is 29.2 Å². The fraction of sp³-hybridized carbons (Fsp3) is 0.667. The lowest BCUT2D eigenvalue weighted by Crippen LogP contribution is -2.48. The largest absolute Gasteiger partial charge is 0.338 e. The van der Waals surface area contributed by atoms with Gasteiger partial charge in [0.2, 0.25) is 10.0 Å². The van der Waals surface area contributed by atoms with Crippen molar-refractivity contribution in [1.82, 2.24) is 19.4 Å². The van der Waals surface area contributed by atoms with E-state index < -0.39 is 10.0 Å². The predicted octanol–water partition coefficient (Wildman–Crippen LogP) is 1.89. The SMILES string of the molecule is O=C(c1ccc(Cl)cc1)N(CCCN1CCCCC1)CCS(=O)(=O)N1CCNCC1. The van der Waals surface area contributed by atoms with Gasteiger partial charge in [-0.15, -0.1) is 0 Å². The van der Waals surface area contributed by atoms with Crippen LogP contribution >= 0.6 is 11.6 Å². The molecule has 0 aromatic heterocycles. The highest BCUT2D eigenvalue weighted by Crippen LogP contribution is 2.14. The lowest BCUT2D eigenvalue weighted by Gasteiger charge is -2.30. The van der Waals surface area contributed by atoms with Crippen LogP contribution in [0.5, 0.6) is 0 Å². The van der Waals surface area contributed by atoms with E-state index in [1.807, 2.05) is 0 Å². The number of nitrogens with zero attached hydrogens (tertiary/aromatic N) is 3. The Kier molecular flexibility index (Phi) is 8.95. The van der Waals surface area contributed by atoms with Crippen molar-refractivity contribution in [1.29, 1.82) is 0 Å². The second-order valence-electron chi connectivity index (χ2n) is 8.02. The molecular weight excluding hydrogens is 424 g/mol. The average Bonchev–Trinajstić information content (AvgIpc) is 2.77. The lowest BCUT2D eigenvalue weighted by atomic mass is 10.1. The topological polar surface area (TPSA) is 73.0 Å². The third kappa shape index (κ3) is 6.92. The number of sulfonamides is 1. The van der Waals surface area contributed by atoms with E-state index in [2.05, 4.69) is 10.2 Å². The fourth-order valence-electron chi connectivity index (χ4n) is 4.04. The molecule has 7 nitrogen and oxygen atoms in total. The van der Waals surface area contributed by atoms with Gasteiger partial charge in [-0.1, -0.05) is 18.0 Å². The minimum absolute atomic E-state index is 0.0456. The third-order valence-corrected chi connectivity index (χ3v) is 7.92. The summed E-state index contributed by atoms with van der Waals surface area (Å²) in [5.74, 6) is -0.184. The molecule has 0 saturated carbocycles. The third-order valence-electron chi connectivity index (χ3n) is 5.82. The van der Waals surface area contributed by atoms with Crippen LogP contribution < -0.4 is 5.32 Å². The highest BCUT2D eigenvalue weighted by molar-refractivity contribution is 7.89. The second kappa shape index (κ2) is 11.4. The molecule has 1 amide bonds. The van der Waals surface area contributed by atoms with E-state index in [-0.39, 0.29) is 18.2 Å². The van der Waals surface area contributed by atoms with Crippen molar-refractivity contribution in [2.24, 2.45) is 0 Å². The monoisotopic (exact) mass is 456 g/mol. The molecule has 2 aliphatic rings. The first-order valence-corrected chi connectivity index (χ1v) is 12.9. The number of halogens is 1. The van der Waals surface area contributed by atoms with Gasteiger partial charge < -0.3 is 15.1 Å². The van der Waals surface area contributed by atoms with Gasteiger partial charge in [-0.2, -0.15) is 4.31 Å². The second-order valence-corrected chi connectivity index (χ2v) is 10.5. The standard InChI is InChI=1S/C21H33ClN4O3S/c22-20-7-5-19(6-8-20)21(27)25(14-4-13-24-11-2-1-3-12-24)17-18-30(28,29)26-15-9-23-10-16-26/h5-8,23H,1-4,9-18H2. The molecule has 0 aliphatic carbocycles. The predicted molar refractivity (Wildman–Crippen MR) is 120 cm³/mol. The Morgan fingerprint density at radius 1 is 1.00 bits per heavy atom. The van der Waals surface area contributed by atoms with Crippen molar-refractivity contribution in [3.05, 3.63) is 34.9 Å². The van der Waals surface area contributed by atoms with Crippen LogP contribution in [0.3, 0.4) is 0 Å². The number of piperazine rings is 1. The summed E-state index contributed by atoms with van der Waals surface area (Å²) in [6.45, 7) is 6.23. The van der Waals surface area contributed by atoms with Gasteiger partial charge in [-0.3, -0.25) is 4.79 Å². The lowest BCUT2D eigenvalue weighted by molar-refractivity contribution is 0.0756. The molecule has 30 heavy (non-hydrogen) atoms. The minimum atomic E-state index is -3.38. The Morgan fingerprint density at radius 3 is 2.33 bits per heavy atom. The summed E-state index contributed by atoms with van der Waals surface area (Å²) >= 11 is 5.95. The first-order chi connectivity index (χ1) is 14.5. The molecule has 168 valence electrons. The minimum Gasteiger partial charge on any atom is -0.338 e. The van der Waals surface area contributed by atoms with E-state index in [4.69, 9.17) is 11.6 Å². The first kappa shape index (κ1) is 23.5. The van der Waals surface area contributed by atoms with Gasteiger partial charge in [0.1, 0.15) is 0 Å². The van der Waals surface area contributed by atoms with Crippen molar-refractivity contribution in [3.63, 3.8) is 0 Å². The Bertz CT molecular complexity index is 776. The molecule has 2 heterocycles. The van der Waals surface area contributed by atoms with Crippen molar-refractivity contribution in [2.45, 2.75) is 25.7 Å². The zero-order valence-electron chi connectivity index (χ0n) is 17.6. The van der Waals surface area contributed by atoms with Gasteiger partial charge in [-0.05, 0) is 63.2 Å². The molecule has 1 aromatic rings. The summed E-state index contributed by atoms with van der Waals surface area (Å²) in [7, 11) is -3.38. The fourth-order valence-corrected chi connectivity index (χ4v) is 5.61. The molecule has 9 heteroatoms. The number of likely N-dealkylation sites (tertiary alicyclic amines) is 1. The van der Waals surface area contributed by atoms with Gasteiger partial charge in [0, 0.05) is 49.9 Å². The van der Waals surface area contributed by atoms with Crippen LogP contribution in [0.2, 0.25) is 5.02 Å². The number of benzene rings is 1. The molecule has 2 aliphatic heterocycles. The van der Waals surface area contributed by atoms with Crippen LogP contribution in [0.4, 0.5) is 0 Å². The van der Waals surface area contributed by atoms with Crippen LogP contribution in [0.25, 0.3) is 0 Å². The van der Waals surface area contributed by atoms with E-state index in [9.17, 15) is 13.2 Å². The Morgan fingerprint density at radius 2 is 1.67 bits per heavy atom. The number of rotatable bonds is 9. The number of hydrogen-bond acceptors (Lipinski definition) is 5. The summed E-state index contributed by atoms with van der Waals surface area (Å²) in [6.07, 6.45) is 4.60. The normalized spacial score (nSPS) is 19.0. The Hall–Kier alpha value is -1.19. The Balaban J connectivity index is 1.61. The molecule has 2 saturated heterocycles. The van der Waals surface area contributed by atoms with Crippen LogP contribution in [0.15, 0.2) is 24.3 Å². The highest BCUT2D eigenvalue weighted by Gasteiger charge is 2.26. The maximum absolute atomic E-state index is 13.1. The van der Waals surface area contributed by atoms with Gasteiger partial charge >= 0.3 is 0 Å². The molecule has 0 radical (unpaired) electrons. The maximum atomic E-state index is 13.1. The highest BCUT2D eigenvalue weighted by atomic mass is 35.5. The summed E-state index contributed by atoms with van der Waals surface area (Å²) in [4.78, 5) is 17.2. The molecule has 1 aromatic carbocycles. The van der Waals surface area contributed by atoms with Crippen molar-refractivity contribution in [3.8, 4) is 0 Å². The molecule has 1 N–H and O–H groups in total. The number of amides is 1. The zero-order chi connectivity index (χ0) is 21.4. The zero-order valence-corrected chi connectivity index (χ0v) is 19.1. The van der Waals surface area contributed by atoms with Crippen LogP contribution in [0.1, 0.15) is 36.0 Å². The number of piperidine rings is 1. The summed E-state index contributed by atoms with van der Waals surface area (Å²) in [6, 6.07) is 6.79. The quantitative estimate of drug-likeness (QED) is 0.614. The number of hydrogen-bond donors (Lipinski definition) is 1. The average molecular weight is 457 g/mol. The van der Waals surface area contributed by atoms with Crippen molar-refractivity contribution < 1.29 is 13.2 Å². The molecular formula is C21H33ClN4O3S. The van der Waals surface area contributed by atoms with E-state index in [0.29, 0.717) is 43.3 Å². The smallest absolute Gasteiger partial charge is 0.253 e. The molecule has 3 rings (SSSR count). The molecule has 2 fully saturated rings. The van der Waals surface area contributed by atoms with Crippen LogP contribution in [-0.2, 0) is 10.0 Å². The summed E-state index contributed by atoms with van der Waals surface area (Å²) in [5, 5.41) is 3.74. The van der Waals surface area contributed by atoms with Crippen LogP contribution in [-0.4, -0.2) is 93.1 Å². The molecule has 0 atom stereocenters. The van der Waals surface area contributed by atoms with E-state index in [1.165, 1.54) is 23.6 Å².